The molecule has 1 aliphatic rings. The summed E-state index contributed by atoms with van der Waals surface area (Å²) in [6.45, 7) is 6.84. The minimum Gasteiger partial charge on any atom is -0.487 e. The van der Waals surface area contributed by atoms with E-state index in [0.717, 1.165) is 12.8 Å². The van der Waals surface area contributed by atoms with Crippen molar-refractivity contribution in [3.63, 3.8) is 0 Å². The second-order valence-electron chi connectivity index (χ2n) is 6.30. The van der Waals surface area contributed by atoms with Crippen molar-refractivity contribution in [1.29, 1.82) is 0 Å². The Balaban J connectivity index is 2.09. The summed E-state index contributed by atoms with van der Waals surface area (Å²) in [5, 5.41) is 13.1. The molecule has 128 valence electrons. The van der Waals surface area contributed by atoms with E-state index in [1.54, 1.807) is 30.0 Å². The first kappa shape index (κ1) is 17.9. The summed E-state index contributed by atoms with van der Waals surface area (Å²) < 4.78 is 5.72. The highest BCUT2D eigenvalue weighted by Crippen LogP contribution is 2.34. The molecule has 0 bridgehead atoms. The van der Waals surface area contributed by atoms with Crippen molar-refractivity contribution >= 4 is 23.3 Å². The molecule has 2 rings (SSSR count). The number of urea groups is 1. The second kappa shape index (κ2) is 7.88. The van der Waals surface area contributed by atoms with Gasteiger partial charge >= 0.3 is 6.03 Å². The van der Waals surface area contributed by atoms with E-state index in [-0.39, 0.29) is 18.1 Å². The first-order valence-corrected chi connectivity index (χ1v) is 8.45. The van der Waals surface area contributed by atoms with Crippen LogP contribution < -0.4 is 10.1 Å². The number of carbonyl (C=O) groups excluding carboxylic acids is 1. The SMILES string of the molecule is CC(C)Oc1c(Cl)cccc1NC(=O)N1CCCC(C(C)O)C1. The number of hydrogen-bond donors (Lipinski definition) is 2. The molecule has 0 saturated carbocycles. The number of nitrogens with zero attached hydrogens (tertiary/aromatic N) is 1. The Bertz CT molecular complexity index is 549. The Kier molecular flexibility index (Phi) is 6.13. The first-order valence-electron chi connectivity index (χ1n) is 8.07. The van der Waals surface area contributed by atoms with Crippen LogP contribution in [0.1, 0.15) is 33.6 Å². The Labute approximate surface area is 142 Å². The molecule has 1 fully saturated rings. The van der Waals surface area contributed by atoms with Crippen molar-refractivity contribution in [3.8, 4) is 5.75 Å². The van der Waals surface area contributed by atoms with Crippen molar-refractivity contribution in [2.24, 2.45) is 5.92 Å². The highest BCUT2D eigenvalue weighted by Gasteiger charge is 2.27. The zero-order chi connectivity index (χ0) is 17.0. The molecular formula is C17H25ClN2O3. The van der Waals surface area contributed by atoms with Gasteiger partial charge in [0.05, 0.1) is 22.9 Å². The summed E-state index contributed by atoms with van der Waals surface area (Å²) in [4.78, 5) is 14.3. The average molecular weight is 341 g/mol. The van der Waals surface area contributed by atoms with Gasteiger partial charge < -0.3 is 20.1 Å². The number of carbonyl (C=O) groups is 1. The van der Waals surface area contributed by atoms with Crippen LogP contribution in [0.25, 0.3) is 0 Å². The number of piperidine rings is 1. The van der Waals surface area contributed by atoms with Crippen LogP contribution in [-0.2, 0) is 0 Å². The second-order valence-corrected chi connectivity index (χ2v) is 6.71. The van der Waals surface area contributed by atoms with Crippen LogP contribution in [0, 0.1) is 5.92 Å². The predicted molar refractivity (Wildman–Crippen MR) is 92.2 cm³/mol. The maximum Gasteiger partial charge on any atom is 0.321 e. The van der Waals surface area contributed by atoms with Crippen molar-refractivity contribution < 1.29 is 14.6 Å². The molecule has 1 aliphatic heterocycles. The fourth-order valence-electron chi connectivity index (χ4n) is 2.75. The number of nitrogens with one attached hydrogen (secondary N) is 1. The molecule has 1 heterocycles. The molecular weight excluding hydrogens is 316 g/mol. The normalized spacial score (nSPS) is 19.6. The maximum atomic E-state index is 12.5. The smallest absolute Gasteiger partial charge is 0.321 e. The summed E-state index contributed by atoms with van der Waals surface area (Å²) in [6, 6.07) is 5.10. The maximum absolute atomic E-state index is 12.5. The number of amides is 2. The highest BCUT2D eigenvalue weighted by molar-refractivity contribution is 6.32. The molecule has 0 spiro atoms. The number of para-hydroxylation sites is 1. The van der Waals surface area contributed by atoms with Gasteiger partial charge in [-0.25, -0.2) is 4.79 Å². The third kappa shape index (κ3) is 4.75. The molecule has 2 atom stereocenters. The molecule has 2 N–H and O–H groups in total. The van der Waals surface area contributed by atoms with Gasteiger partial charge in [0, 0.05) is 19.0 Å². The third-order valence-electron chi connectivity index (χ3n) is 3.99. The third-order valence-corrected chi connectivity index (χ3v) is 4.29. The molecule has 2 amide bonds. The van der Waals surface area contributed by atoms with Crippen molar-refractivity contribution in [3.05, 3.63) is 23.2 Å². The topological polar surface area (TPSA) is 61.8 Å². The standard InChI is InChI=1S/C17H25ClN2O3/c1-11(2)23-16-14(18)7-4-8-15(16)19-17(22)20-9-5-6-13(10-20)12(3)21/h4,7-8,11-13,21H,5-6,9-10H2,1-3H3,(H,19,22). The number of hydrogen-bond acceptors (Lipinski definition) is 3. The van der Waals surface area contributed by atoms with Crippen molar-refractivity contribution in [2.45, 2.75) is 45.8 Å². The van der Waals surface area contributed by atoms with Gasteiger partial charge in [0.15, 0.2) is 5.75 Å². The van der Waals surface area contributed by atoms with Crippen LogP contribution >= 0.6 is 11.6 Å². The number of ether oxygens (including phenoxy) is 1. The summed E-state index contributed by atoms with van der Waals surface area (Å²) in [7, 11) is 0. The van der Waals surface area contributed by atoms with Gasteiger partial charge in [-0.3, -0.25) is 0 Å². The van der Waals surface area contributed by atoms with Crippen LogP contribution in [0.15, 0.2) is 18.2 Å². The monoisotopic (exact) mass is 340 g/mol. The largest absolute Gasteiger partial charge is 0.487 e. The van der Waals surface area contributed by atoms with E-state index in [9.17, 15) is 9.90 Å². The van der Waals surface area contributed by atoms with Gasteiger partial charge in [-0.05, 0) is 45.7 Å². The fourth-order valence-corrected chi connectivity index (χ4v) is 2.96. The number of anilines is 1. The van der Waals surface area contributed by atoms with E-state index in [0.29, 0.717) is 29.5 Å². The molecule has 6 heteroatoms. The lowest BCUT2D eigenvalue weighted by Crippen LogP contribution is -2.44. The average Bonchev–Trinajstić information content (AvgIpc) is 2.50. The molecule has 0 aromatic heterocycles. The van der Waals surface area contributed by atoms with E-state index < -0.39 is 6.10 Å². The highest BCUT2D eigenvalue weighted by atomic mass is 35.5. The van der Waals surface area contributed by atoms with Gasteiger partial charge in [-0.2, -0.15) is 0 Å². The summed E-state index contributed by atoms with van der Waals surface area (Å²) in [5.74, 6) is 0.613. The van der Waals surface area contributed by atoms with Gasteiger partial charge in [0.2, 0.25) is 0 Å². The number of halogens is 1. The number of benzene rings is 1. The fraction of sp³-hybridized carbons (Fsp3) is 0.588. The lowest BCUT2D eigenvalue weighted by molar-refractivity contribution is 0.0765. The molecule has 1 aromatic carbocycles. The number of aliphatic hydroxyl groups excluding tert-OH is 1. The van der Waals surface area contributed by atoms with E-state index in [1.807, 2.05) is 13.8 Å². The molecule has 1 saturated heterocycles. The Morgan fingerprint density at radius 1 is 1.43 bits per heavy atom. The molecule has 1 aromatic rings. The lowest BCUT2D eigenvalue weighted by Gasteiger charge is -2.34. The number of aliphatic hydroxyl groups is 1. The van der Waals surface area contributed by atoms with E-state index in [4.69, 9.17) is 16.3 Å². The Morgan fingerprint density at radius 3 is 2.83 bits per heavy atom. The zero-order valence-electron chi connectivity index (χ0n) is 13.9. The van der Waals surface area contributed by atoms with Crippen molar-refractivity contribution in [2.75, 3.05) is 18.4 Å². The summed E-state index contributed by atoms with van der Waals surface area (Å²) in [6.07, 6.45) is 1.39. The van der Waals surface area contributed by atoms with Gasteiger partial charge in [-0.1, -0.05) is 17.7 Å². The first-order chi connectivity index (χ1) is 10.9. The van der Waals surface area contributed by atoms with E-state index >= 15 is 0 Å². The van der Waals surface area contributed by atoms with E-state index in [1.165, 1.54) is 0 Å². The Hall–Kier alpha value is -1.46. The Morgan fingerprint density at radius 2 is 2.17 bits per heavy atom. The number of likely N-dealkylation sites (tertiary alicyclic amines) is 1. The minimum absolute atomic E-state index is 0.0415. The van der Waals surface area contributed by atoms with E-state index in [2.05, 4.69) is 5.32 Å². The molecule has 0 aliphatic carbocycles. The van der Waals surface area contributed by atoms with Gasteiger partial charge in [-0.15, -0.1) is 0 Å². The van der Waals surface area contributed by atoms with Crippen LogP contribution in [0.2, 0.25) is 5.02 Å². The lowest BCUT2D eigenvalue weighted by atomic mass is 9.94. The van der Waals surface area contributed by atoms with Crippen LogP contribution in [0.4, 0.5) is 10.5 Å². The molecule has 2 unspecified atom stereocenters. The minimum atomic E-state index is -0.406. The van der Waals surface area contributed by atoms with Gasteiger partial charge in [0.25, 0.3) is 0 Å². The van der Waals surface area contributed by atoms with Crippen molar-refractivity contribution in [1.82, 2.24) is 4.90 Å². The molecule has 23 heavy (non-hydrogen) atoms. The molecule has 0 radical (unpaired) electrons. The quantitative estimate of drug-likeness (QED) is 0.877. The van der Waals surface area contributed by atoms with Gasteiger partial charge in [0.1, 0.15) is 0 Å². The summed E-state index contributed by atoms with van der Waals surface area (Å²) >= 11 is 6.18. The zero-order valence-corrected chi connectivity index (χ0v) is 14.6. The number of rotatable bonds is 4. The van der Waals surface area contributed by atoms with Crippen LogP contribution in [-0.4, -0.2) is 41.3 Å². The van der Waals surface area contributed by atoms with Crippen LogP contribution in [0.5, 0.6) is 5.75 Å². The molecule has 5 nitrogen and oxygen atoms in total. The summed E-state index contributed by atoms with van der Waals surface area (Å²) in [5.41, 5.74) is 0.565. The predicted octanol–water partition coefficient (Wildman–Crippen LogP) is 3.75. The van der Waals surface area contributed by atoms with Crippen LogP contribution in [0.3, 0.4) is 0 Å².